The number of aromatic nitrogens is 1. The van der Waals surface area contributed by atoms with Crippen LogP contribution < -0.4 is 10.6 Å². The maximum Gasteiger partial charge on any atom is 0.255 e. The molecular weight excluding hydrogens is 393 g/mol. The summed E-state index contributed by atoms with van der Waals surface area (Å²) in [6.07, 6.45) is 2.74. The van der Waals surface area contributed by atoms with Crippen molar-refractivity contribution in [3.05, 3.63) is 82.1 Å². The molecule has 1 aliphatic carbocycles. The standard InChI is InChI=1S/C25H26FN3O2/c1-14-9-10-27-20(11-14)29-24(31)21-15(2)28-18-12-25(3,4)13-19(30)23(18)22(21)16-5-7-17(26)8-6-16/h5-11,22,28H,12-13H2,1-4H3,(H,27,29,31)/t22-/m0/s1. The number of allylic oxidation sites excluding steroid dienone is 3. The Balaban J connectivity index is 1.80. The molecule has 0 saturated carbocycles. The predicted molar refractivity (Wildman–Crippen MR) is 118 cm³/mol. The van der Waals surface area contributed by atoms with E-state index in [4.69, 9.17) is 0 Å². The molecule has 2 N–H and O–H groups in total. The third-order valence-electron chi connectivity index (χ3n) is 5.84. The Hall–Kier alpha value is -3.28. The van der Waals surface area contributed by atoms with Crippen molar-refractivity contribution in [2.45, 2.75) is 46.5 Å². The van der Waals surface area contributed by atoms with E-state index in [1.54, 1.807) is 24.4 Å². The van der Waals surface area contributed by atoms with Gasteiger partial charge in [0.05, 0.1) is 0 Å². The van der Waals surface area contributed by atoms with Gasteiger partial charge in [0.25, 0.3) is 5.91 Å². The highest BCUT2D eigenvalue weighted by Gasteiger charge is 2.42. The van der Waals surface area contributed by atoms with Crippen LogP contribution in [-0.2, 0) is 9.59 Å². The fourth-order valence-corrected chi connectivity index (χ4v) is 4.51. The zero-order chi connectivity index (χ0) is 22.3. The molecule has 2 aliphatic rings. The molecule has 1 aromatic heterocycles. The quantitative estimate of drug-likeness (QED) is 0.752. The van der Waals surface area contributed by atoms with E-state index in [0.717, 1.165) is 11.3 Å². The van der Waals surface area contributed by atoms with Gasteiger partial charge in [-0.1, -0.05) is 26.0 Å². The average molecular weight is 420 g/mol. The Bertz CT molecular complexity index is 1130. The molecule has 0 fully saturated rings. The van der Waals surface area contributed by atoms with Crippen molar-refractivity contribution in [2.24, 2.45) is 5.41 Å². The molecule has 1 aromatic carbocycles. The van der Waals surface area contributed by atoms with Crippen LogP contribution in [0.4, 0.5) is 10.2 Å². The maximum absolute atomic E-state index is 13.6. The molecule has 1 aliphatic heterocycles. The highest BCUT2D eigenvalue weighted by atomic mass is 19.1. The number of rotatable bonds is 3. The molecule has 0 bridgehead atoms. The Morgan fingerprint density at radius 2 is 1.87 bits per heavy atom. The first-order valence-corrected chi connectivity index (χ1v) is 10.4. The highest BCUT2D eigenvalue weighted by molar-refractivity contribution is 6.09. The Kier molecular flexibility index (Phi) is 5.25. The average Bonchev–Trinajstić information content (AvgIpc) is 2.66. The fourth-order valence-electron chi connectivity index (χ4n) is 4.51. The number of hydrogen-bond acceptors (Lipinski definition) is 4. The monoisotopic (exact) mass is 419 g/mol. The van der Waals surface area contributed by atoms with Gasteiger partial charge in [-0.25, -0.2) is 9.37 Å². The van der Waals surface area contributed by atoms with Crippen molar-refractivity contribution in [2.75, 3.05) is 5.32 Å². The van der Waals surface area contributed by atoms with Crippen molar-refractivity contribution in [1.29, 1.82) is 0 Å². The van der Waals surface area contributed by atoms with Gasteiger partial charge in [-0.3, -0.25) is 9.59 Å². The van der Waals surface area contributed by atoms with Gasteiger partial charge in [-0.15, -0.1) is 0 Å². The van der Waals surface area contributed by atoms with Crippen molar-refractivity contribution in [3.63, 3.8) is 0 Å². The summed E-state index contributed by atoms with van der Waals surface area (Å²) in [5.41, 5.74) is 4.09. The first-order chi connectivity index (χ1) is 14.6. The van der Waals surface area contributed by atoms with Gasteiger partial charge in [-0.2, -0.15) is 0 Å². The molecule has 4 rings (SSSR count). The lowest BCUT2D eigenvalue weighted by molar-refractivity contribution is -0.118. The summed E-state index contributed by atoms with van der Waals surface area (Å²) in [7, 11) is 0. The van der Waals surface area contributed by atoms with Gasteiger partial charge >= 0.3 is 0 Å². The lowest BCUT2D eigenvalue weighted by Gasteiger charge is -2.39. The fraction of sp³-hybridized carbons (Fsp3) is 0.320. The number of dihydropyridines is 1. The van der Waals surface area contributed by atoms with Crippen LogP contribution in [0.1, 0.15) is 50.7 Å². The number of anilines is 1. The lowest BCUT2D eigenvalue weighted by Crippen LogP contribution is -2.39. The third kappa shape index (κ3) is 4.15. The first kappa shape index (κ1) is 21.0. The number of pyridine rings is 1. The van der Waals surface area contributed by atoms with Crippen molar-refractivity contribution >= 4 is 17.5 Å². The minimum Gasteiger partial charge on any atom is -0.362 e. The number of carbonyl (C=O) groups is 2. The van der Waals surface area contributed by atoms with Gasteiger partial charge in [0.1, 0.15) is 11.6 Å². The van der Waals surface area contributed by atoms with E-state index in [-0.39, 0.29) is 22.9 Å². The number of carbonyl (C=O) groups excluding carboxylic acids is 2. The van der Waals surface area contributed by atoms with Gasteiger partial charge < -0.3 is 10.6 Å². The molecule has 160 valence electrons. The van der Waals surface area contributed by atoms with Crippen LogP contribution in [0.5, 0.6) is 0 Å². The van der Waals surface area contributed by atoms with Gasteiger partial charge in [0, 0.05) is 41.1 Å². The number of amides is 1. The first-order valence-electron chi connectivity index (χ1n) is 10.4. The normalized spacial score (nSPS) is 20.3. The predicted octanol–water partition coefficient (Wildman–Crippen LogP) is 4.77. The second kappa shape index (κ2) is 7.76. The molecule has 1 atom stereocenters. The second-order valence-electron chi connectivity index (χ2n) is 9.15. The Labute approximate surface area is 181 Å². The second-order valence-corrected chi connectivity index (χ2v) is 9.15. The number of benzene rings is 1. The number of nitrogens with one attached hydrogen (secondary N) is 2. The van der Waals surface area contributed by atoms with E-state index in [9.17, 15) is 14.0 Å². The van der Waals surface area contributed by atoms with Crippen molar-refractivity contribution < 1.29 is 14.0 Å². The summed E-state index contributed by atoms with van der Waals surface area (Å²) in [4.78, 5) is 30.8. The molecule has 0 unspecified atom stereocenters. The maximum atomic E-state index is 13.6. The third-order valence-corrected chi connectivity index (χ3v) is 5.84. The summed E-state index contributed by atoms with van der Waals surface area (Å²) >= 11 is 0. The SMILES string of the molecule is CC1=C(C(=O)Nc2cc(C)ccn2)[C@H](c2ccc(F)cc2)C2=C(CC(C)(C)CC2=O)N1. The van der Waals surface area contributed by atoms with E-state index in [2.05, 4.69) is 29.5 Å². The zero-order valence-corrected chi connectivity index (χ0v) is 18.2. The lowest BCUT2D eigenvalue weighted by atomic mass is 9.68. The van der Waals surface area contributed by atoms with E-state index in [1.807, 2.05) is 19.9 Å². The van der Waals surface area contributed by atoms with Gasteiger partial charge in [0.15, 0.2) is 5.78 Å². The van der Waals surface area contributed by atoms with E-state index in [1.165, 1.54) is 12.1 Å². The van der Waals surface area contributed by atoms with Crippen LogP contribution in [-0.4, -0.2) is 16.7 Å². The Morgan fingerprint density at radius 3 is 2.55 bits per heavy atom. The van der Waals surface area contributed by atoms with Crippen molar-refractivity contribution in [3.8, 4) is 0 Å². The summed E-state index contributed by atoms with van der Waals surface area (Å²) < 4.78 is 13.6. The molecule has 0 radical (unpaired) electrons. The summed E-state index contributed by atoms with van der Waals surface area (Å²) in [6, 6.07) is 9.66. The summed E-state index contributed by atoms with van der Waals surface area (Å²) in [5, 5.41) is 6.19. The minimum atomic E-state index is -0.565. The number of aryl methyl sites for hydroxylation is 1. The molecule has 31 heavy (non-hydrogen) atoms. The van der Waals surface area contributed by atoms with Gasteiger partial charge in [0.2, 0.25) is 0 Å². The smallest absolute Gasteiger partial charge is 0.255 e. The van der Waals surface area contributed by atoms with Crippen LogP contribution in [0.2, 0.25) is 0 Å². The number of hydrogen-bond donors (Lipinski definition) is 2. The number of ketones is 1. The number of nitrogens with zero attached hydrogens (tertiary/aromatic N) is 1. The summed E-state index contributed by atoms with van der Waals surface area (Å²) in [6.45, 7) is 7.89. The number of halogens is 1. The van der Waals surface area contributed by atoms with Crippen LogP contribution in [0.25, 0.3) is 0 Å². The van der Waals surface area contributed by atoms with Crippen LogP contribution >= 0.6 is 0 Å². The molecule has 0 spiro atoms. The van der Waals surface area contributed by atoms with Crippen LogP contribution in [0, 0.1) is 18.2 Å². The summed E-state index contributed by atoms with van der Waals surface area (Å²) in [5.74, 6) is -0.802. The zero-order valence-electron chi connectivity index (χ0n) is 18.2. The number of Topliss-reactive ketones (excluding diaryl/α,β-unsaturated/α-hetero) is 1. The molecule has 5 nitrogen and oxygen atoms in total. The van der Waals surface area contributed by atoms with Crippen molar-refractivity contribution in [1.82, 2.24) is 10.3 Å². The minimum absolute atomic E-state index is 0.0135. The molecule has 1 amide bonds. The largest absolute Gasteiger partial charge is 0.362 e. The Morgan fingerprint density at radius 1 is 1.16 bits per heavy atom. The van der Waals surface area contributed by atoms with E-state index < -0.39 is 5.92 Å². The van der Waals surface area contributed by atoms with Crippen LogP contribution in [0.15, 0.2) is 65.1 Å². The van der Waals surface area contributed by atoms with Gasteiger partial charge in [-0.05, 0) is 61.1 Å². The molecule has 6 heteroatoms. The van der Waals surface area contributed by atoms with E-state index in [0.29, 0.717) is 41.1 Å². The molecule has 0 saturated heterocycles. The molecule has 2 heterocycles. The van der Waals surface area contributed by atoms with E-state index >= 15 is 0 Å². The molecule has 2 aromatic rings. The highest BCUT2D eigenvalue weighted by Crippen LogP contribution is 2.46. The van der Waals surface area contributed by atoms with Crippen LogP contribution in [0.3, 0.4) is 0 Å². The molecular formula is C25H26FN3O2. The topological polar surface area (TPSA) is 71.1 Å².